The number of aliphatic carboxylic acids is 1. The molecule has 100 valence electrons. The minimum Gasteiger partial charge on any atom is -0.481 e. The Morgan fingerprint density at radius 2 is 1.88 bits per heavy atom. The van der Waals surface area contributed by atoms with Gasteiger partial charge in [0.1, 0.15) is 0 Å². The van der Waals surface area contributed by atoms with Crippen LogP contribution in [0.4, 0.5) is 0 Å². The van der Waals surface area contributed by atoms with Gasteiger partial charge in [-0.05, 0) is 11.8 Å². The SMILES string of the molecule is CC(C)(C)CC(O)CNC(=O)C(N)CC(=O)O. The van der Waals surface area contributed by atoms with Gasteiger partial charge >= 0.3 is 5.97 Å². The Labute approximate surface area is 101 Å². The monoisotopic (exact) mass is 246 g/mol. The zero-order valence-corrected chi connectivity index (χ0v) is 10.6. The molecule has 0 aliphatic rings. The summed E-state index contributed by atoms with van der Waals surface area (Å²) in [5, 5.41) is 20.5. The first-order valence-electron chi connectivity index (χ1n) is 5.55. The Hall–Kier alpha value is -1.14. The van der Waals surface area contributed by atoms with E-state index in [0.29, 0.717) is 6.42 Å². The average Bonchev–Trinajstić information content (AvgIpc) is 2.10. The number of nitrogens with one attached hydrogen (secondary N) is 1. The summed E-state index contributed by atoms with van der Waals surface area (Å²) in [6.45, 7) is 6.03. The average molecular weight is 246 g/mol. The molecule has 5 N–H and O–H groups in total. The number of hydrogen-bond acceptors (Lipinski definition) is 4. The summed E-state index contributed by atoms with van der Waals surface area (Å²) in [5.74, 6) is -1.68. The van der Waals surface area contributed by atoms with E-state index in [0.717, 1.165) is 0 Å². The minimum absolute atomic E-state index is 0.0344. The lowest BCUT2D eigenvalue weighted by Crippen LogP contribution is -2.44. The highest BCUT2D eigenvalue weighted by atomic mass is 16.4. The Kier molecular flexibility index (Phi) is 6.12. The van der Waals surface area contributed by atoms with Gasteiger partial charge in [0.05, 0.1) is 18.6 Å². The zero-order valence-electron chi connectivity index (χ0n) is 10.6. The van der Waals surface area contributed by atoms with Crippen LogP contribution in [-0.4, -0.2) is 40.8 Å². The van der Waals surface area contributed by atoms with Gasteiger partial charge in [-0.1, -0.05) is 20.8 Å². The van der Waals surface area contributed by atoms with E-state index in [1.54, 1.807) is 0 Å². The second-order valence-electron chi connectivity index (χ2n) is 5.37. The van der Waals surface area contributed by atoms with Gasteiger partial charge in [0.2, 0.25) is 5.91 Å². The van der Waals surface area contributed by atoms with Crippen molar-refractivity contribution in [2.24, 2.45) is 11.1 Å². The van der Waals surface area contributed by atoms with Gasteiger partial charge in [-0.3, -0.25) is 9.59 Å². The highest BCUT2D eigenvalue weighted by Crippen LogP contribution is 2.20. The predicted octanol–water partition coefficient (Wildman–Crippen LogP) is -0.298. The van der Waals surface area contributed by atoms with Crippen molar-refractivity contribution in [1.82, 2.24) is 5.32 Å². The van der Waals surface area contributed by atoms with E-state index in [4.69, 9.17) is 10.8 Å². The van der Waals surface area contributed by atoms with Crippen LogP contribution in [0.1, 0.15) is 33.6 Å². The molecule has 0 radical (unpaired) electrons. The Balaban J connectivity index is 3.95. The number of aliphatic hydroxyl groups is 1. The van der Waals surface area contributed by atoms with Crippen molar-refractivity contribution in [2.45, 2.75) is 45.8 Å². The second kappa shape index (κ2) is 6.56. The van der Waals surface area contributed by atoms with Crippen molar-refractivity contribution in [2.75, 3.05) is 6.54 Å². The van der Waals surface area contributed by atoms with Crippen molar-refractivity contribution >= 4 is 11.9 Å². The molecule has 0 fully saturated rings. The summed E-state index contributed by atoms with van der Waals surface area (Å²) >= 11 is 0. The van der Waals surface area contributed by atoms with Crippen LogP contribution in [0.3, 0.4) is 0 Å². The van der Waals surface area contributed by atoms with E-state index >= 15 is 0 Å². The van der Waals surface area contributed by atoms with E-state index in [1.165, 1.54) is 0 Å². The first-order chi connectivity index (χ1) is 7.61. The van der Waals surface area contributed by atoms with Crippen LogP contribution in [0.25, 0.3) is 0 Å². The predicted molar refractivity (Wildman–Crippen MR) is 63.3 cm³/mol. The van der Waals surface area contributed by atoms with Crippen LogP contribution in [0, 0.1) is 5.41 Å². The molecule has 0 rings (SSSR count). The van der Waals surface area contributed by atoms with Crippen LogP contribution in [0.2, 0.25) is 0 Å². The lowest BCUT2D eigenvalue weighted by molar-refractivity contribution is -0.139. The molecule has 17 heavy (non-hydrogen) atoms. The van der Waals surface area contributed by atoms with Crippen molar-refractivity contribution in [1.29, 1.82) is 0 Å². The molecular weight excluding hydrogens is 224 g/mol. The van der Waals surface area contributed by atoms with Crippen LogP contribution in [-0.2, 0) is 9.59 Å². The van der Waals surface area contributed by atoms with Gasteiger partial charge in [0.25, 0.3) is 0 Å². The van der Waals surface area contributed by atoms with E-state index < -0.39 is 30.4 Å². The third-order valence-corrected chi connectivity index (χ3v) is 2.09. The molecule has 0 saturated heterocycles. The fourth-order valence-electron chi connectivity index (χ4n) is 1.41. The lowest BCUT2D eigenvalue weighted by atomic mass is 9.89. The molecular formula is C11H22N2O4. The Morgan fingerprint density at radius 3 is 2.29 bits per heavy atom. The molecule has 0 spiro atoms. The molecule has 2 unspecified atom stereocenters. The molecule has 0 bridgehead atoms. The molecule has 6 heteroatoms. The number of carbonyl (C=O) groups excluding carboxylic acids is 1. The third-order valence-electron chi connectivity index (χ3n) is 2.09. The largest absolute Gasteiger partial charge is 0.481 e. The van der Waals surface area contributed by atoms with Crippen molar-refractivity contribution in [3.63, 3.8) is 0 Å². The normalized spacial score (nSPS) is 15.1. The van der Waals surface area contributed by atoms with Crippen molar-refractivity contribution in [3.8, 4) is 0 Å². The van der Waals surface area contributed by atoms with Crippen molar-refractivity contribution in [3.05, 3.63) is 0 Å². The molecule has 0 aliphatic carbocycles. The van der Waals surface area contributed by atoms with E-state index in [1.807, 2.05) is 20.8 Å². The molecule has 0 aromatic rings. The van der Waals surface area contributed by atoms with E-state index in [9.17, 15) is 14.7 Å². The van der Waals surface area contributed by atoms with Gasteiger partial charge in [0, 0.05) is 6.54 Å². The lowest BCUT2D eigenvalue weighted by Gasteiger charge is -2.22. The van der Waals surface area contributed by atoms with Gasteiger partial charge in [0.15, 0.2) is 0 Å². The molecule has 1 amide bonds. The first kappa shape index (κ1) is 15.9. The van der Waals surface area contributed by atoms with Gasteiger partial charge in [-0.15, -0.1) is 0 Å². The first-order valence-corrected chi connectivity index (χ1v) is 5.55. The second-order valence-corrected chi connectivity index (χ2v) is 5.37. The quantitative estimate of drug-likeness (QED) is 0.514. The van der Waals surface area contributed by atoms with Crippen LogP contribution < -0.4 is 11.1 Å². The molecule has 0 aromatic carbocycles. The standard InChI is InChI=1S/C11H22N2O4/c1-11(2,3)5-7(14)6-13-10(17)8(12)4-9(15)16/h7-8,14H,4-6,12H2,1-3H3,(H,13,17)(H,15,16). The van der Waals surface area contributed by atoms with E-state index in [2.05, 4.69) is 5.32 Å². The zero-order chi connectivity index (χ0) is 13.6. The highest BCUT2D eigenvalue weighted by Gasteiger charge is 2.20. The van der Waals surface area contributed by atoms with E-state index in [-0.39, 0.29) is 12.0 Å². The molecule has 6 nitrogen and oxygen atoms in total. The fourth-order valence-corrected chi connectivity index (χ4v) is 1.41. The molecule has 0 heterocycles. The summed E-state index contributed by atoms with van der Waals surface area (Å²) in [6.07, 6.45) is -0.529. The summed E-state index contributed by atoms with van der Waals surface area (Å²) in [7, 11) is 0. The van der Waals surface area contributed by atoms with Crippen LogP contribution in [0.5, 0.6) is 0 Å². The maximum Gasteiger partial charge on any atom is 0.305 e. The molecule has 2 atom stereocenters. The Morgan fingerprint density at radius 1 is 1.35 bits per heavy atom. The van der Waals surface area contributed by atoms with Crippen molar-refractivity contribution < 1.29 is 19.8 Å². The summed E-state index contributed by atoms with van der Waals surface area (Å²) in [5.41, 5.74) is 5.32. The summed E-state index contributed by atoms with van der Waals surface area (Å²) in [6, 6.07) is -1.07. The summed E-state index contributed by atoms with van der Waals surface area (Å²) in [4.78, 5) is 21.7. The topological polar surface area (TPSA) is 113 Å². The highest BCUT2D eigenvalue weighted by molar-refractivity contribution is 5.85. The fraction of sp³-hybridized carbons (Fsp3) is 0.818. The van der Waals surface area contributed by atoms with Crippen LogP contribution >= 0.6 is 0 Å². The number of rotatable bonds is 6. The van der Waals surface area contributed by atoms with Gasteiger partial charge in [-0.2, -0.15) is 0 Å². The number of aliphatic hydroxyl groups excluding tert-OH is 1. The molecule has 0 aliphatic heterocycles. The minimum atomic E-state index is -1.12. The number of hydrogen-bond donors (Lipinski definition) is 4. The number of nitrogens with two attached hydrogens (primary N) is 1. The number of amides is 1. The van der Waals surface area contributed by atoms with Gasteiger partial charge in [-0.25, -0.2) is 0 Å². The third kappa shape index (κ3) is 8.65. The van der Waals surface area contributed by atoms with Crippen LogP contribution in [0.15, 0.2) is 0 Å². The molecule has 0 aromatic heterocycles. The maximum absolute atomic E-state index is 11.3. The number of carbonyl (C=O) groups is 2. The molecule has 0 saturated carbocycles. The van der Waals surface area contributed by atoms with Gasteiger partial charge < -0.3 is 21.3 Å². The summed E-state index contributed by atoms with van der Waals surface area (Å²) < 4.78 is 0. The Bertz CT molecular complexity index is 273. The smallest absolute Gasteiger partial charge is 0.305 e. The number of carboxylic acid groups (broad SMARTS) is 1. The maximum atomic E-state index is 11.3. The number of carboxylic acids is 1.